The maximum atomic E-state index is 12.2. The van der Waals surface area contributed by atoms with E-state index in [-0.39, 0.29) is 5.91 Å². The number of esters is 1. The quantitative estimate of drug-likeness (QED) is 0.292. The second-order valence-electron chi connectivity index (χ2n) is 5.37. The highest BCUT2D eigenvalue weighted by Crippen LogP contribution is 2.19. The molecular formula is C20H14BrN3O3. The van der Waals surface area contributed by atoms with Crippen molar-refractivity contribution in [1.29, 1.82) is 0 Å². The second kappa shape index (κ2) is 8.86. The molecule has 0 aliphatic rings. The van der Waals surface area contributed by atoms with Crippen LogP contribution in [0.2, 0.25) is 0 Å². The van der Waals surface area contributed by atoms with Crippen LogP contribution in [0, 0.1) is 0 Å². The number of pyridine rings is 1. The number of nitrogens with one attached hydrogen (secondary N) is 1. The molecule has 0 saturated heterocycles. The van der Waals surface area contributed by atoms with Crippen molar-refractivity contribution < 1.29 is 14.3 Å². The smallest absolute Gasteiger partial charge is 0.344 e. The predicted octanol–water partition coefficient (Wildman–Crippen LogP) is 3.83. The Hall–Kier alpha value is -3.32. The number of rotatable bonds is 5. The summed E-state index contributed by atoms with van der Waals surface area (Å²) in [7, 11) is 0. The second-order valence-corrected chi connectivity index (χ2v) is 6.23. The lowest BCUT2D eigenvalue weighted by Gasteiger charge is -2.06. The van der Waals surface area contributed by atoms with Crippen molar-refractivity contribution >= 4 is 34.0 Å². The number of ether oxygens (including phenoxy) is 1. The molecule has 7 heteroatoms. The lowest BCUT2D eigenvalue weighted by Crippen LogP contribution is -2.17. The van der Waals surface area contributed by atoms with Crippen LogP contribution in [0.25, 0.3) is 0 Å². The fourth-order valence-corrected chi connectivity index (χ4v) is 2.59. The first-order valence-electron chi connectivity index (χ1n) is 7.94. The summed E-state index contributed by atoms with van der Waals surface area (Å²) < 4.78 is 6.02. The minimum atomic E-state index is -0.450. The van der Waals surface area contributed by atoms with Crippen molar-refractivity contribution in [3.63, 3.8) is 0 Å². The van der Waals surface area contributed by atoms with Gasteiger partial charge in [0.15, 0.2) is 0 Å². The molecule has 0 saturated carbocycles. The number of nitrogens with zero attached hydrogens (tertiary/aromatic N) is 2. The topological polar surface area (TPSA) is 80.6 Å². The van der Waals surface area contributed by atoms with Crippen molar-refractivity contribution in [1.82, 2.24) is 10.4 Å². The summed E-state index contributed by atoms with van der Waals surface area (Å²) in [4.78, 5) is 27.9. The Bertz CT molecular complexity index is 973. The van der Waals surface area contributed by atoms with E-state index < -0.39 is 5.97 Å². The fraction of sp³-hybridized carbons (Fsp3) is 0. The summed E-state index contributed by atoms with van der Waals surface area (Å²) in [6, 6.07) is 17.0. The van der Waals surface area contributed by atoms with E-state index in [1.807, 2.05) is 6.07 Å². The number of hydrogen-bond acceptors (Lipinski definition) is 5. The molecule has 3 aromatic rings. The molecule has 0 spiro atoms. The number of carbonyl (C=O) groups is 2. The zero-order chi connectivity index (χ0) is 19.1. The number of amides is 1. The molecule has 6 nitrogen and oxygen atoms in total. The summed E-state index contributed by atoms with van der Waals surface area (Å²) >= 11 is 3.32. The third kappa shape index (κ3) is 5.08. The van der Waals surface area contributed by atoms with Crippen LogP contribution in [0.1, 0.15) is 26.3 Å². The predicted molar refractivity (Wildman–Crippen MR) is 105 cm³/mol. The van der Waals surface area contributed by atoms with Gasteiger partial charge in [0.25, 0.3) is 5.91 Å². The minimum Gasteiger partial charge on any atom is -0.423 e. The van der Waals surface area contributed by atoms with E-state index in [9.17, 15) is 9.59 Å². The molecule has 0 aliphatic carbocycles. The number of benzene rings is 2. The van der Waals surface area contributed by atoms with Gasteiger partial charge in [-0.3, -0.25) is 9.78 Å². The Morgan fingerprint density at radius 1 is 1.00 bits per heavy atom. The van der Waals surface area contributed by atoms with Gasteiger partial charge < -0.3 is 4.74 Å². The molecule has 0 bridgehead atoms. The van der Waals surface area contributed by atoms with Gasteiger partial charge in [0.05, 0.1) is 11.8 Å². The summed E-state index contributed by atoms with van der Waals surface area (Å²) in [6.45, 7) is 0. The molecule has 1 N–H and O–H groups in total. The van der Waals surface area contributed by atoms with Gasteiger partial charge >= 0.3 is 5.97 Å². The maximum Gasteiger partial charge on any atom is 0.344 e. The molecule has 0 atom stereocenters. The number of hydrogen-bond donors (Lipinski definition) is 1. The fourth-order valence-electron chi connectivity index (χ4n) is 2.14. The van der Waals surface area contributed by atoms with Gasteiger partial charge in [0.2, 0.25) is 0 Å². The maximum absolute atomic E-state index is 12.2. The molecular weight excluding hydrogens is 410 g/mol. The van der Waals surface area contributed by atoms with E-state index in [1.165, 1.54) is 18.6 Å². The minimum absolute atomic E-state index is 0.326. The summed E-state index contributed by atoms with van der Waals surface area (Å²) in [5, 5.41) is 3.91. The molecule has 3 rings (SSSR count). The van der Waals surface area contributed by atoms with Crippen molar-refractivity contribution in [3.05, 3.63) is 94.2 Å². The van der Waals surface area contributed by atoms with E-state index in [4.69, 9.17) is 4.74 Å². The lowest BCUT2D eigenvalue weighted by molar-refractivity contribution is 0.0733. The van der Waals surface area contributed by atoms with Gasteiger partial charge in [-0.25, -0.2) is 10.2 Å². The zero-order valence-electron chi connectivity index (χ0n) is 14.0. The van der Waals surface area contributed by atoms with Crippen molar-refractivity contribution in [2.24, 2.45) is 5.10 Å². The van der Waals surface area contributed by atoms with Gasteiger partial charge in [-0.15, -0.1) is 0 Å². The molecule has 0 fully saturated rings. The molecule has 2 aromatic carbocycles. The van der Waals surface area contributed by atoms with E-state index in [2.05, 4.69) is 31.4 Å². The largest absolute Gasteiger partial charge is 0.423 e. The first kappa shape index (κ1) is 18.5. The molecule has 1 aromatic heterocycles. The Labute approximate surface area is 164 Å². The standard InChI is InChI=1S/C20H14BrN3O3/c21-18-4-2-1-3-17(18)20(26)27-16-7-5-14(6-8-16)13-23-24-19(25)15-9-11-22-12-10-15/h1-13H,(H,24,25)/b23-13-. The number of hydrazone groups is 1. The van der Waals surface area contributed by atoms with E-state index in [0.717, 1.165) is 5.56 Å². The van der Waals surface area contributed by atoms with E-state index >= 15 is 0 Å². The van der Waals surface area contributed by atoms with Gasteiger partial charge in [-0.05, 0) is 70.0 Å². The third-order valence-corrected chi connectivity index (χ3v) is 4.20. The van der Waals surface area contributed by atoms with Gasteiger partial charge in [-0.2, -0.15) is 5.10 Å². The Morgan fingerprint density at radius 3 is 2.41 bits per heavy atom. The monoisotopic (exact) mass is 423 g/mol. The average Bonchev–Trinajstić information content (AvgIpc) is 2.70. The Kier molecular flexibility index (Phi) is 6.06. The molecule has 134 valence electrons. The normalized spacial score (nSPS) is 10.6. The van der Waals surface area contributed by atoms with Crippen LogP contribution in [0.15, 0.2) is 82.6 Å². The molecule has 0 unspecified atom stereocenters. The zero-order valence-corrected chi connectivity index (χ0v) is 15.6. The van der Waals surface area contributed by atoms with Crippen LogP contribution in [0.4, 0.5) is 0 Å². The molecule has 1 amide bonds. The van der Waals surface area contributed by atoms with E-state index in [1.54, 1.807) is 54.6 Å². The lowest BCUT2D eigenvalue weighted by atomic mass is 10.2. The van der Waals surface area contributed by atoms with E-state index in [0.29, 0.717) is 21.3 Å². The summed E-state index contributed by atoms with van der Waals surface area (Å²) in [5.74, 6) is -0.366. The first-order chi connectivity index (χ1) is 13.1. The van der Waals surface area contributed by atoms with Crippen LogP contribution in [-0.2, 0) is 0 Å². The molecule has 27 heavy (non-hydrogen) atoms. The molecule has 0 radical (unpaired) electrons. The van der Waals surface area contributed by atoms with Crippen LogP contribution in [0.5, 0.6) is 5.75 Å². The van der Waals surface area contributed by atoms with Crippen molar-refractivity contribution in [2.75, 3.05) is 0 Å². The SMILES string of the molecule is O=C(N/N=C\c1ccc(OC(=O)c2ccccc2Br)cc1)c1ccncc1. The summed E-state index contributed by atoms with van der Waals surface area (Å²) in [6.07, 6.45) is 4.57. The van der Waals surface area contributed by atoms with Crippen molar-refractivity contribution in [2.45, 2.75) is 0 Å². The van der Waals surface area contributed by atoms with Crippen LogP contribution in [0.3, 0.4) is 0 Å². The van der Waals surface area contributed by atoms with Crippen LogP contribution in [-0.4, -0.2) is 23.1 Å². The Balaban J connectivity index is 1.58. The van der Waals surface area contributed by atoms with Crippen LogP contribution < -0.4 is 10.2 Å². The average molecular weight is 424 g/mol. The molecule has 0 aliphatic heterocycles. The highest BCUT2D eigenvalue weighted by Gasteiger charge is 2.11. The number of aromatic nitrogens is 1. The van der Waals surface area contributed by atoms with Gasteiger partial charge in [0.1, 0.15) is 5.75 Å². The summed E-state index contributed by atoms with van der Waals surface area (Å²) in [5.41, 5.74) is 4.09. The third-order valence-electron chi connectivity index (χ3n) is 3.51. The van der Waals surface area contributed by atoms with Crippen molar-refractivity contribution in [3.8, 4) is 5.75 Å². The first-order valence-corrected chi connectivity index (χ1v) is 8.73. The highest BCUT2D eigenvalue weighted by molar-refractivity contribution is 9.10. The molecule has 1 heterocycles. The van der Waals surface area contributed by atoms with Gasteiger partial charge in [-0.1, -0.05) is 12.1 Å². The number of carbonyl (C=O) groups excluding carboxylic acids is 2. The van der Waals surface area contributed by atoms with Gasteiger partial charge in [0, 0.05) is 22.4 Å². The van der Waals surface area contributed by atoms with Crippen LogP contribution >= 0.6 is 15.9 Å². The Morgan fingerprint density at radius 2 is 1.70 bits per heavy atom. The number of halogens is 1. The highest BCUT2D eigenvalue weighted by atomic mass is 79.9.